The third-order valence-corrected chi connectivity index (χ3v) is 5.76. The molecule has 0 aliphatic heterocycles. The first-order chi connectivity index (χ1) is 17.9. The highest BCUT2D eigenvalue weighted by Crippen LogP contribution is 2.22. The molecule has 0 aliphatic rings. The number of carbonyl (C=O) groups is 2. The molecule has 0 fully saturated rings. The Morgan fingerprint density at radius 1 is 0.946 bits per heavy atom. The summed E-state index contributed by atoms with van der Waals surface area (Å²) in [6.07, 6.45) is 0.566. The Kier molecular flexibility index (Phi) is 8.20. The number of hydrogen-bond donors (Lipinski definition) is 1. The zero-order chi connectivity index (χ0) is 26.2. The molecule has 4 rings (SSSR count). The van der Waals surface area contributed by atoms with Gasteiger partial charge in [0.25, 0.3) is 5.91 Å². The van der Waals surface area contributed by atoms with Crippen molar-refractivity contribution in [3.05, 3.63) is 101 Å². The maximum atomic E-state index is 12.9. The van der Waals surface area contributed by atoms with Gasteiger partial charge in [-0.3, -0.25) is 9.59 Å². The van der Waals surface area contributed by atoms with E-state index in [1.54, 1.807) is 36.4 Å². The number of hydrogen-bond acceptors (Lipinski definition) is 6. The summed E-state index contributed by atoms with van der Waals surface area (Å²) in [6.45, 7) is 2.06. The Morgan fingerprint density at radius 2 is 1.62 bits per heavy atom. The molecule has 0 radical (unpaired) electrons. The Labute approximate surface area is 215 Å². The number of oxazole rings is 1. The fourth-order valence-corrected chi connectivity index (χ4v) is 3.82. The molecule has 8 heteroatoms. The molecule has 0 saturated carbocycles. The Hall–Kier alpha value is -4.59. The highest BCUT2D eigenvalue weighted by Gasteiger charge is 2.19. The highest BCUT2D eigenvalue weighted by atomic mass is 16.5. The zero-order valence-electron chi connectivity index (χ0n) is 20.7. The minimum absolute atomic E-state index is 0.150. The van der Waals surface area contributed by atoms with E-state index in [4.69, 9.17) is 13.9 Å². The lowest BCUT2D eigenvalue weighted by atomic mass is 10.1. The molecule has 1 amide bonds. The van der Waals surface area contributed by atoms with Crippen molar-refractivity contribution in [2.45, 2.75) is 19.9 Å². The Bertz CT molecular complexity index is 1330. The van der Waals surface area contributed by atoms with E-state index in [2.05, 4.69) is 4.98 Å². The van der Waals surface area contributed by atoms with Gasteiger partial charge in [0.1, 0.15) is 23.8 Å². The summed E-state index contributed by atoms with van der Waals surface area (Å²) < 4.78 is 16.9. The van der Waals surface area contributed by atoms with Gasteiger partial charge in [0.05, 0.1) is 19.4 Å². The van der Waals surface area contributed by atoms with Gasteiger partial charge >= 0.3 is 5.97 Å². The van der Waals surface area contributed by atoms with Crippen molar-refractivity contribution in [2.75, 3.05) is 20.3 Å². The first-order valence-corrected chi connectivity index (χ1v) is 11.8. The number of nitrogens with zero attached hydrogens (tertiary/aromatic N) is 2. The van der Waals surface area contributed by atoms with Crippen LogP contribution < -0.4 is 9.47 Å². The van der Waals surface area contributed by atoms with Gasteiger partial charge in [0.15, 0.2) is 0 Å². The molecule has 190 valence electrons. The first-order valence-electron chi connectivity index (χ1n) is 11.8. The predicted octanol–water partition coefficient (Wildman–Crippen LogP) is 5.01. The number of carboxylic acid groups (broad SMARTS) is 1. The Morgan fingerprint density at radius 3 is 2.27 bits per heavy atom. The number of rotatable bonds is 11. The van der Waals surface area contributed by atoms with Gasteiger partial charge in [-0.05, 0) is 61.0 Å². The summed E-state index contributed by atoms with van der Waals surface area (Å²) in [5, 5.41) is 9.31. The smallest absolute Gasteiger partial charge is 0.323 e. The second kappa shape index (κ2) is 11.9. The molecule has 1 aromatic heterocycles. The molecule has 0 bridgehead atoms. The topological polar surface area (TPSA) is 102 Å². The summed E-state index contributed by atoms with van der Waals surface area (Å²) in [6, 6.07) is 23.5. The fraction of sp³-hybridized carbons (Fsp3) is 0.207. The SMILES string of the molecule is COc1ccc(C(=O)N(CC(=O)O)Cc2ccc(OCCc3oc(-c4ccccc4)nc3C)cc2)cc1. The summed E-state index contributed by atoms with van der Waals surface area (Å²) in [7, 11) is 1.54. The number of methoxy groups -OCH3 is 1. The molecule has 8 nitrogen and oxygen atoms in total. The third kappa shape index (κ3) is 6.76. The van der Waals surface area contributed by atoms with Crippen molar-refractivity contribution in [3.63, 3.8) is 0 Å². The van der Waals surface area contributed by atoms with E-state index in [1.807, 2.05) is 49.4 Å². The molecule has 1 heterocycles. The van der Waals surface area contributed by atoms with Crippen molar-refractivity contribution in [3.8, 4) is 23.0 Å². The number of amides is 1. The third-order valence-electron chi connectivity index (χ3n) is 5.76. The molecule has 1 N–H and O–H groups in total. The quantitative estimate of drug-likeness (QED) is 0.309. The van der Waals surface area contributed by atoms with Crippen molar-refractivity contribution in [2.24, 2.45) is 0 Å². The van der Waals surface area contributed by atoms with Crippen LogP contribution in [0.3, 0.4) is 0 Å². The maximum absolute atomic E-state index is 12.9. The van der Waals surface area contributed by atoms with Crippen LogP contribution in [0.4, 0.5) is 0 Å². The molecule has 4 aromatic rings. The average Bonchev–Trinajstić information content (AvgIpc) is 3.29. The molecule has 0 aliphatic carbocycles. The van der Waals surface area contributed by atoms with Gasteiger partial charge in [-0.15, -0.1) is 0 Å². The van der Waals surface area contributed by atoms with Gasteiger partial charge in [-0.25, -0.2) is 4.98 Å². The maximum Gasteiger partial charge on any atom is 0.323 e. The van der Waals surface area contributed by atoms with Gasteiger partial charge in [0, 0.05) is 24.1 Å². The van der Waals surface area contributed by atoms with E-state index in [9.17, 15) is 14.7 Å². The van der Waals surface area contributed by atoms with E-state index in [-0.39, 0.29) is 12.5 Å². The van der Waals surface area contributed by atoms with E-state index in [0.717, 1.165) is 22.6 Å². The van der Waals surface area contributed by atoms with Crippen molar-refractivity contribution >= 4 is 11.9 Å². The molecule has 37 heavy (non-hydrogen) atoms. The lowest BCUT2D eigenvalue weighted by molar-refractivity contribution is -0.137. The highest BCUT2D eigenvalue weighted by molar-refractivity contribution is 5.95. The lowest BCUT2D eigenvalue weighted by Gasteiger charge is -2.21. The van der Waals surface area contributed by atoms with Gasteiger partial charge in [0.2, 0.25) is 5.89 Å². The van der Waals surface area contributed by atoms with E-state index in [0.29, 0.717) is 36.0 Å². The predicted molar refractivity (Wildman–Crippen MR) is 138 cm³/mol. The van der Waals surface area contributed by atoms with Gasteiger partial charge in [-0.2, -0.15) is 0 Å². The standard InChI is InChI=1S/C29H28N2O6/c1-20-26(37-28(30-20)22-6-4-3-5-7-22)16-17-36-25-12-8-21(9-13-25)18-31(19-27(32)33)29(34)23-10-14-24(35-2)15-11-23/h3-15H,16-19H2,1-2H3,(H,32,33). The minimum atomic E-state index is -1.08. The van der Waals surface area contributed by atoms with Crippen molar-refractivity contribution < 1.29 is 28.6 Å². The normalized spacial score (nSPS) is 10.6. The van der Waals surface area contributed by atoms with Gasteiger partial charge < -0.3 is 23.9 Å². The summed E-state index contributed by atoms with van der Waals surface area (Å²) in [5.74, 6) is 1.19. The summed E-state index contributed by atoms with van der Waals surface area (Å²) in [4.78, 5) is 30.1. The van der Waals surface area contributed by atoms with Crippen LogP contribution in [0.5, 0.6) is 11.5 Å². The van der Waals surface area contributed by atoms with Crippen molar-refractivity contribution in [1.29, 1.82) is 0 Å². The molecular formula is C29H28N2O6. The lowest BCUT2D eigenvalue weighted by Crippen LogP contribution is -2.35. The number of carboxylic acids is 1. The summed E-state index contributed by atoms with van der Waals surface area (Å²) >= 11 is 0. The Balaban J connectivity index is 1.35. The fourth-order valence-electron chi connectivity index (χ4n) is 3.82. The second-order valence-electron chi connectivity index (χ2n) is 8.42. The van der Waals surface area contributed by atoms with Crippen LogP contribution in [0.2, 0.25) is 0 Å². The molecule has 0 atom stereocenters. The van der Waals surface area contributed by atoms with Crippen LogP contribution in [-0.2, 0) is 17.8 Å². The van der Waals surface area contributed by atoms with Crippen LogP contribution >= 0.6 is 0 Å². The van der Waals surface area contributed by atoms with E-state index >= 15 is 0 Å². The van der Waals surface area contributed by atoms with Crippen LogP contribution in [0.1, 0.15) is 27.4 Å². The van der Waals surface area contributed by atoms with Crippen LogP contribution in [0, 0.1) is 6.92 Å². The molecule has 0 saturated heterocycles. The summed E-state index contributed by atoms with van der Waals surface area (Å²) in [5.41, 5.74) is 2.93. The van der Waals surface area contributed by atoms with E-state index in [1.165, 1.54) is 12.0 Å². The number of aliphatic carboxylic acids is 1. The largest absolute Gasteiger partial charge is 0.497 e. The number of aromatic nitrogens is 1. The number of ether oxygens (including phenoxy) is 2. The zero-order valence-corrected chi connectivity index (χ0v) is 20.7. The minimum Gasteiger partial charge on any atom is -0.497 e. The van der Waals surface area contributed by atoms with Crippen LogP contribution in [-0.4, -0.2) is 47.1 Å². The van der Waals surface area contributed by atoms with Crippen molar-refractivity contribution in [1.82, 2.24) is 9.88 Å². The van der Waals surface area contributed by atoms with Crippen LogP contribution in [0.25, 0.3) is 11.5 Å². The van der Waals surface area contributed by atoms with Crippen LogP contribution in [0.15, 0.2) is 83.3 Å². The van der Waals surface area contributed by atoms with E-state index < -0.39 is 12.5 Å². The monoisotopic (exact) mass is 500 g/mol. The average molecular weight is 501 g/mol. The first kappa shape index (κ1) is 25.5. The number of carbonyl (C=O) groups excluding carboxylic acids is 1. The molecular weight excluding hydrogens is 472 g/mol. The second-order valence-corrected chi connectivity index (χ2v) is 8.42. The van der Waals surface area contributed by atoms with Gasteiger partial charge in [-0.1, -0.05) is 30.3 Å². The molecule has 0 unspecified atom stereocenters. The number of aryl methyl sites for hydroxylation is 1. The molecule has 3 aromatic carbocycles. The number of benzene rings is 3. The molecule has 0 spiro atoms.